The number of fused-ring (bicyclic) bond motifs is 1. The highest BCUT2D eigenvalue weighted by atomic mass is 32.1. The summed E-state index contributed by atoms with van der Waals surface area (Å²) in [6, 6.07) is 11.3. The van der Waals surface area contributed by atoms with Gasteiger partial charge in [0.15, 0.2) is 0 Å². The zero-order valence-corrected chi connectivity index (χ0v) is 17.2. The minimum absolute atomic E-state index is 0.240. The maximum atomic E-state index is 12.7. The van der Waals surface area contributed by atoms with Crippen LogP contribution in [0, 0.1) is 0 Å². The molecule has 1 fully saturated rings. The normalized spacial score (nSPS) is 15.0. The molecular formula is C22H18F3NO4S. The molecule has 0 radical (unpaired) electrons. The molecular weight excluding hydrogens is 431 g/mol. The molecule has 5 nitrogen and oxygen atoms in total. The fraction of sp³-hybridized carbons (Fsp3) is 0.273. The molecule has 162 valence electrons. The SMILES string of the molecule is COC(=O)CC1(c2cccc(-c3c(C(N)=O)sc4ccc(OC(F)(F)F)cc34)c2)CC1. The van der Waals surface area contributed by atoms with Gasteiger partial charge in [0.2, 0.25) is 0 Å². The van der Waals surface area contributed by atoms with E-state index >= 15 is 0 Å². The molecule has 2 N–H and O–H groups in total. The van der Waals surface area contributed by atoms with Crippen molar-refractivity contribution < 1.29 is 32.2 Å². The molecule has 0 atom stereocenters. The summed E-state index contributed by atoms with van der Waals surface area (Å²) in [5, 5.41) is 0.440. The second-order valence-electron chi connectivity index (χ2n) is 7.49. The molecule has 0 saturated heterocycles. The van der Waals surface area contributed by atoms with Crippen LogP contribution in [0.5, 0.6) is 5.75 Å². The number of thiophene rings is 1. The van der Waals surface area contributed by atoms with Crippen LogP contribution in [-0.4, -0.2) is 25.3 Å². The van der Waals surface area contributed by atoms with Gasteiger partial charge in [-0.05, 0) is 42.2 Å². The first-order valence-corrected chi connectivity index (χ1v) is 10.2. The van der Waals surface area contributed by atoms with Gasteiger partial charge >= 0.3 is 12.3 Å². The average Bonchev–Trinajstić information content (AvgIpc) is 3.38. The minimum Gasteiger partial charge on any atom is -0.469 e. The summed E-state index contributed by atoms with van der Waals surface area (Å²) in [6.45, 7) is 0. The second-order valence-corrected chi connectivity index (χ2v) is 8.54. The van der Waals surface area contributed by atoms with Crippen LogP contribution in [0.2, 0.25) is 0 Å². The van der Waals surface area contributed by atoms with Gasteiger partial charge in [-0.3, -0.25) is 9.59 Å². The Morgan fingerprint density at radius 2 is 1.90 bits per heavy atom. The molecule has 4 rings (SSSR count). The molecule has 9 heteroatoms. The number of primary amides is 1. The van der Waals surface area contributed by atoms with Crippen molar-refractivity contribution in [3.63, 3.8) is 0 Å². The van der Waals surface area contributed by atoms with E-state index in [0.29, 0.717) is 21.2 Å². The molecule has 31 heavy (non-hydrogen) atoms. The second kappa shape index (κ2) is 7.56. The number of nitrogens with two attached hydrogens (primary N) is 1. The third-order valence-corrected chi connectivity index (χ3v) is 6.63. The maximum Gasteiger partial charge on any atom is 0.573 e. The van der Waals surface area contributed by atoms with Gasteiger partial charge in [0.05, 0.1) is 13.5 Å². The number of alkyl halides is 3. The van der Waals surface area contributed by atoms with Crippen LogP contribution >= 0.6 is 11.3 Å². The Labute approximate surface area is 179 Å². The third kappa shape index (κ3) is 4.23. The molecule has 0 aliphatic heterocycles. The number of amides is 1. The van der Waals surface area contributed by atoms with E-state index in [1.54, 1.807) is 12.1 Å². The van der Waals surface area contributed by atoms with Crippen molar-refractivity contribution in [2.24, 2.45) is 5.73 Å². The number of esters is 1. The zero-order valence-electron chi connectivity index (χ0n) is 16.4. The summed E-state index contributed by atoms with van der Waals surface area (Å²) in [7, 11) is 1.34. The van der Waals surface area contributed by atoms with Gasteiger partial charge in [-0.15, -0.1) is 24.5 Å². The molecule has 0 spiro atoms. The van der Waals surface area contributed by atoms with Crippen molar-refractivity contribution in [2.45, 2.75) is 31.0 Å². The predicted molar refractivity (Wildman–Crippen MR) is 110 cm³/mol. The Kier molecular flexibility index (Phi) is 5.17. The van der Waals surface area contributed by atoms with Gasteiger partial charge in [0, 0.05) is 21.1 Å². The van der Waals surface area contributed by atoms with Gasteiger partial charge < -0.3 is 15.2 Å². The lowest BCUT2D eigenvalue weighted by molar-refractivity contribution is -0.274. The minimum atomic E-state index is -4.83. The first-order chi connectivity index (χ1) is 14.6. The number of carbonyl (C=O) groups excluding carboxylic acids is 2. The molecule has 1 aliphatic rings. The summed E-state index contributed by atoms with van der Waals surface area (Å²) in [4.78, 5) is 24.2. The summed E-state index contributed by atoms with van der Waals surface area (Å²) < 4.78 is 47.5. The van der Waals surface area contributed by atoms with E-state index in [1.165, 1.54) is 25.3 Å². The molecule has 1 aliphatic carbocycles. The molecule has 3 aromatic rings. The van der Waals surface area contributed by atoms with E-state index < -0.39 is 12.3 Å². The lowest BCUT2D eigenvalue weighted by atomic mass is 9.89. The van der Waals surface area contributed by atoms with Crippen molar-refractivity contribution >= 4 is 33.3 Å². The average molecular weight is 449 g/mol. The van der Waals surface area contributed by atoms with E-state index in [2.05, 4.69) is 4.74 Å². The van der Waals surface area contributed by atoms with Crippen LogP contribution in [0.15, 0.2) is 42.5 Å². The molecule has 1 aromatic heterocycles. The van der Waals surface area contributed by atoms with Crippen molar-refractivity contribution in [1.82, 2.24) is 0 Å². The molecule has 1 saturated carbocycles. The van der Waals surface area contributed by atoms with Gasteiger partial charge in [0.1, 0.15) is 10.6 Å². The Hall–Kier alpha value is -3.07. The quantitative estimate of drug-likeness (QED) is 0.527. The van der Waals surface area contributed by atoms with Gasteiger partial charge in [-0.1, -0.05) is 24.3 Å². The van der Waals surface area contributed by atoms with Crippen LogP contribution < -0.4 is 10.5 Å². The number of methoxy groups -OCH3 is 1. The van der Waals surface area contributed by atoms with E-state index in [1.807, 2.05) is 12.1 Å². The maximum absolute atomic E-state index is 12.7. The molecule has 1 amide bonds. The predicted octanol–water partition coefficient (Wildman–Crippen LogP) is 5.16. The summed E-state index contributed by atoms with van der Waals surface area (Å²) in [5.41, 5.74) is 7.25. The van der Waals surface area contributed by atoms with E-state index in [9.17, 15) is 22.8 Å². The number of ether oxygens (including phenoxy) is 2. The van der Waals surface area contributed by atoms with Crippen LogP contribution in [0.3, 0.4) is 0 Å². The number of hydrogen-bond donors (Lipinski definition) is 1. The first-order valence-electron chi connectivity index (χ1n) is 9.42. The van der Waals surface area contributed by atoms with Gasteiger partial charge in [-0.25, -0.2) is 0 Å². The number of benzene rings is 2. The van der Waals surface area contributed by atoms with Crippen LogP contribution in [0.1, 0.15) is 34.5 Å². The lowest BCUT2D eigenvalue weighted by Gasteiger charge is -2.16. The zero-order chi connectivity index (χ0) is 22.4. The van der Waals surface area contributed by atoms with Crippen LogP contribution in [-0.2, 0) is 14.9 Å². The van der Waals surface area contributed by atoms with Crippen LogP contribution in [0.4, 0.5) is 13.2 Å². The fourth-order valence-electron chi connectivity index (χ4n) is 3.81. The number of rotatable bonds is 6. The molecule has 2 aromatic carbocycles. The third-order valence-electron chi connectivity index (χ3n) is 5.44. The lowest BCUT2D eigenvalue weighted by Crippen LogP contribution is -2.17. The van der Waals surface area contributed by atoms with E-state index in [-0.39, 0.29) is 28.4 Å². The van der Waals surface area contributed by atoms with Crippen molar-refractivity contribution in [3.05, 3.63) is 52.9 Å². The summed E-state index contributed by atoms with van der Waals surface area (Å²) in [6.07, 6.45) is -2.95. The van der Waals surface area contributed by atoms with Crippen molar-refractivity contribution in [2.75, 3.05) is 7.11 Å². The molecule has 0 unspecified atom stereocenters. The van der Waals surface area contributed by atoms with Crippen molar-refractivity contribution in [1.29, 1.82) is 0 Å². The van der Waals surface area contributed by atoms with Gasteiger partial charge in [0.25, 0.3) is 5.91 Å². The summed E-state index contributed by atoms with van der Waals surface area (Å²) in [5.74, 6) is -1.36. The van der Waals surface area contributed by atoms with E-state index in [4.69, 9.17) is 10.5 Å². The van der Waals surface area contributed by atoms with Crippen LogP contribution in [0.25, 0.3) is 21.2 Å². The highest BCUT2D eigenvalue weighted by Crippen LogP contribution is 2.52. The van der Waals surface area contributed by atoms with E-state index in [0.717, 1.165) is 29.7 Å². The fourth-order valence-corrected chi connectivity index (χ4v) is 4.86. The smallest absolute Gasteiger partial charge is 0.469 e. The summed E-state index contributed by atoms with van der Waals surface area (Å²) >= 11 is 1.11. The Morgan fingerprint density at radius 1 is 1.16 bits per heavy atom. The van der Waals surface area contributed by atoms with Crippen molar-refractivity contribution in [3.8, 4) is 16.9 Å². The molecule has 1 heterocycles. The Balaban J connectivity index is 1.83. The Bertz CT molecular complexity index is 1180. The topological polar surface area (TPSA) is 78.6 Å². The van der Waals surface area contributed by atoms with Gasteiger partial charge in [-0.2, -0.15) is 0 Å². The monoisotopic (exact) mass is 449 g/mol. The first kappa shape index (κ1) is 21.2. The highest BCUT2D eigenvalue weighted by Gasteiger charge is 2.46. The number of carbonyl (C=O) groups is 2. The standard InChI is InChI=1S/C22H18F3NO4S/c1-29-17(27)11-21(7-8-21)13-4-2-3-12(9-13)18-15-10-14(30-22(23,24)25)5-6-16(15)31-19(18)20(26)28/h2-6,9-10H,7-8,11H2,1H3,(H2,26,28). The highest BCUT2D eigenvalue weighted by molar-refractivity contribution is 7.21. The number of halogens is 3. The molecule has 0 bridgehead atoms. The largest absolute Gasteiger partial charge is 0.573 e. The number of hydrogen-bond acceptors (Lipinski definition) is 5. The Morgan fingerprint density at radius 3 is 2.52 bits per heavy atom.